The Hall–Kier alpha value is -0.850. The molecule has 0 spiro atoms. The lowest BCUT2D eigenvalue weighted by Crippen LogP contribution is -1.99. The van der Waals surface area contributed by atoms with Crippen molar-refractivity contribution < 1.29 is 0 Å². The van der Waals surface area contributed by atoms with E-state index in [0.29, 0.717) is 0 Å². The molecule has 1 aromatic heterocycles. The van der Waals surface area contributed by atoms with E-state index in [1.165, 1.54) is 55.5 Å². The van der Waals surface area contributed by atoms with E-state index in [1.54, 1.807) is 0 Å². The van der Waals surface area contributed by atoms with Gasteiger partial charge in [0, 0.05) is 11.4 Å². The van der Waals surface area contributed by atoms with Crippen molar-refractivity contribution in [2.24, 2.45) is 0 Å². The highest BCUT2D eigenvalue weighted by molar-refractivity contribution is 5.22. The van der Waals surface area contributed by atoms with Gasteiger partial charge in [-0.2, -0.15) is 0 Å². The molecule has 0 saturated carbocycles. The number of aryl methyl sites for hydroxylation is 3. The van der Waals surface area contributed by atoms with Crippen LogP contribution < -0.4 is 0 Å². The van der Waals surface area contributed by atoms with Crippen molar-refractivity contribution in [2.45, 2.75) is 78.6 Å². The highest BCUT2D eigenvalue weighted by Crippen LogP contribution is 2.13. The van der Waals surface area contributed by atoms with Gasteiger partial charge in [0.1, 0.15) is 0 Å². The fraction of sp³-hybridized carbons (Fsp3) is 0.706. The van der Waals surface area contributed by atoms with E-state index >= 15 is 0 Å². The predicted octanol–water partition coefficient (Wildman–Crippen LogP) is 5.11. The molecule has 1 heterocycles. The van der Waals surface area contributed by atoms with Crippen LogP contribution in [0.5, 0.6) is 0 Å². The molecule has 0 aromatic carbocycles. The first-order valence-corrected chi connectivity index (χ1v) is 7.78. The molecule has 0 saturated heterocycles. The summed E-state index contributed by atoms with van der Waals surface area (Å²) >= 11 is 0. The molecular formula is C17H29N. The summed E-state index contributed by atoms with van der Waals surface area (Å²) in [5, 5.41) is 0. The van der Waals surface area contributed by atoms with E-state index in [2.05, 4.69) is 32.9 Å². The topological polar surface area (TPSA) is 12.9 Å². The fourth-order valence-electron chi connectivity index (χ4n) is 2.29. The molecule has 18 heavy (non-hydrogen) atoms. The minimum atomic E-state index is 1.13. The molecule has 0 bridgehead atoms. The third-order valence-electron chi connectivity index (χ3n) is 3.47. The van der Waals surface area contributed by atoms with Crippen LogP contribution in [0, 0.1) is 0 Å². The average Bonchev–Trinajstić information content (AvgIpc) is 2.39. The van der Waals surface area contributed by atoms with Gasteiger partial charge in [-0.05, 0) is 49.8 Å². The molecule has 0 amide bonds. The van der Waals surface area contributed by atoms with E-state index in [1.807, 2.05) is 0 Å². The third kappa shape index (κ3) is 5.66. The second-order valence-corrected chi connectivity index (χ2v) is 5.23. The van der Waals surface area contributed by atoms with Crippen LogP contribution in [0.1, 0.15) is 76.2 Å². The number of pyridine rings is 1. The van der Waals surface area contributed by atoms with Crippen LogP contribution in [0.15, 0.2) is 12.1 Å². The van der Waals surface area contributed by atoms with Crippen molar-refractivity contribution >= 4 is 0 Å². The van der Waals surface area contributed by atoms with Gasteiger partial charge in [0.05, 0.1) is 0 Å². The molecule has 1 heteroatoms. The van der Waals surface area contributed by atoms with Crippen LogP contribution in [-0.2, 0) is 19.3 Å². The first-order valence-electron chi connectivity index (χ1n) is 7.78. The minimum absolute atomic E-state index is 1.13. The van der Waals surface area contributed by atoms with Gasteiger partial charge in [-0.15, -0.1) is 0 Å². The maximum atomic E-state index is 4.82. The maximum absolute atomic E-state index is 4.82. The maximum Gasteiger partial charge on any atom is 0.0409 e. The van der Waals surface area contributed by atoms with Crippen LogP contribution in [0.4, 0.5) is 0 Å². The molecule has 0 aliphatic heterocycles. The van der Waals surface area contributed by atoms with Crippen LogP contribution in [-0.4, -0.2) is 4.98 Å². The smallest absolute Gasteiger partial charge is 0.0409 e. The predicted molar refractivity (Wildman–Crippen MR) is 80.1 cm³/mol. The van der Waals surface area contributed by atoms with Crippen LogP contribution >= 0.6 is 0 Å². The fourth-order valence-corrected chi connectivity index (χ4v) is 2.29. The molecule has 0 aliphatic rings. The number of hydrogen-bond acceptors (Lipinski definition) is 1. The monoisotopic (exact) mass is 247 g/mol. The van der Waals surface area contributed by atoms with Gasteiger partial charge in [0.2, 0.25) is 0 Å². The largest absolute Gasteiger partial charge is 0.258 e. The Labute approximate surface area is 113 Å². The lowest BCUT2D eigenvalue weighted by Gasteiger charge is -2.08. The van der Waals surface area contributed by atoms with E-state index in [9.17, 15) is 0 Å². The van der Waals surface area contributed by atoms with Crippen molar-refractivity contribution in [1.82, 2.24) is 4.98 Å². The Morgan fingerprint density at radius 3 is 1.67 bits per heavy atom. The zero-order valence-electron chi connectivity index (χ0n) is 12.5. The Balaban J connectivity index is 2.62. The first-order chi connectivity index (χ1) is 8.80. The van der Waals surface area contributed by atoms with E-state index in [-0.39, 0.29) is 0 Å². The van der Waals surface area contributed by atoms with Gasteiger partial charge in [0.25, 0.3) is 0 Å². The molecule has 0 radical (unpaired) electrons. The number of rotatable bonds is 9. The molecule has 0 atom stereocenters. The summed E-state index contributed by atoms with van der Waals surface area (Å²) in [7, 11) is 0. The molecule has 0 aliphatic carbocycles. The molecule has 1 nitrogen and oxygen atoms in total. The van der Waals surface area contributed by atoms with Gasteiger partial charge in [-0.25, -0.2) is 0 Å². The summed E-state index contributed by atoms with van der Waals surface area (Å²) in [6.45, 7) is 6.75. The van der Waals surface area contributed by atoms with Gasteiger partial charge in [-0.3, -0.25) is 4.98 Å². The number of aromatic nitrogens is 1. The molecule has 0 fully saturated rings. The average molecular weight is 247 g/mol. The Morgan fingerprint density at radius 2 is 1.28 bits per heavy atom. The Bertz CT molecular complexity index is 302. The normalized spacial score (nSPS) is 10.8. The summed E-state index contributed by atoms with van der Waals surface area (Å²) in [5.41, 5.74) is 4.09. The lowest BCUT2D eigenvalue weighted by molar-refractivity contribution is 0.686. The van der Waals surface area contributed by atoms with Crippen molar-refractivity contribution in [1.29, 1.82) is 0 Å². The van der Waals surface area contributed by atoms with Crippen LogP contribution in [0.3, 0.4) is 0 Å². The highest BCUT2D eigenvalue weighted by atomic mass is 14.7. The van der Waals surface area contributed by atoms with E-state index in [4.69, 9.17) is 4.98 Å². The highest BCUT2D eigenvalue weighted by Gasteiger charge is 2.02. The second-order valence-electron chi connectivity index (χ2n) is 5.23. The van der Waals surface area contributed by atoms with E-state index in [0.717, 1.165) is 19.3 Å². The molecule has 0 unspecified atom stereocenters. The minimum Gasteiger partial charge on any atom is -0.258 e. The second kappa shape index (κ2) is 9.13. The van der Waals surface area contributed by atoms with Gasteiger partial charge in [-0.1, -0.05) is 46.5 Å². The molecule has 102 valence electrons. The third-order valence-corrected chi connectivity index (χ3v) is 3.47. The lowest BCUT2D eigenvalue weighted by atomic mass is 10.0. The zero-order chi connectivity index (χ0) is 13.2. The zero-order valence-corrected chi connectivity index (χ0v) is 12.5. The molecular weight excluding hydrogens is 218 g/mol. The van der Waals surface area contributed by atoms with Crippen molar-refractivity contribution in [3.05, 3.63) is 29.1 Å². The van der Waals surface area contributed by atoms with Crippen molar-refractivity contribution in [3.63, 3.8) is 0 Å². The summed E-state index contributed by atoms with van der Waals surface area (Å²) < 4.78 is 0. The Morgan fingerprint density at radius 1 is 0.778 bits per heavy atom. The summed E-state index contributed by atoms with van der Waals surface area (Å²) in [5.74, 6) is 0. The number of hydrogen-bond donors (Lipinski definition) is 0. The number of nitrogens with zero attached hydrogens (tertiary/aromatic N) is 1. The molecule has 1 rings (SSSR count). The summed E-state index contributed by atoms with van der Waals surface area (Å²) in [6, 6.07) is 4.61. The standard InChI is InChI=1S/C17H29N/c1-4-7-9-11-16-13-15(6-3)14-17(18-16)12-10-8-5-2/h13-14H,4-12H2,1-3H3. The van der Waals surface area contributed by atoms with Crippen molar-refractivity contribution in [2.75, 3.05) is 0 Å². The number of unbranched alkanes of at least 4 members (excludes halogenated alkanes) is 4. The van der Waals surface area contributed by atoms with Gasteiger partial charge in [0.15, 0.2) is 0 Å². The molecule has 0 N–H and O–H groups in total. The molecule has 1 aromatic rings. The summed E-state index contributed by atoms with van der Waals surface area (Å²) in [6.07, 6.45) is 11.2. The SMILES string of the molecule is CCCCCc1cc(CC)cc(CCCCC)n1. The van der Waals surface area contributed by atoms with Gasteiger partial charge >= 0.3 is 0 Å². The van der Waals surface area contributed by atoms with Crippen LogP contribution in [0.25, 0.3) is 0 Å². The summed E-state index contributed by atoms with van der Waals surface area (Å²) in [4.78, 5) is 4.82. The van der Waals surface area contributed by atoms with Gasteiger partial charge < -0.3 is 0 Å². The first kappa shape index (κ1) is 15.2. The van der Waals surface area contributed by atoms with Crippen LogP contribution in [0.2, 0.25) is 0 Å². The van der Waals surface area contributed by atoms with E-state index < -0.39 is 0 Å². The Kier molecular flexibility index (Phi) is 7.71. The quantitative estimate of drug-likeness (QED) is 0.553. The van der Waals surface area contributed by atoms with Crippen molar-refractivity contribution in [3.8, 4) is 0 Å².